The molecule has 0 saturated heterocycles. The Bertz CT molecular complexity index is 588. The summed E-state index contributed by atoms with van der Waals surface area (Å²) in [4.78, 5) is 0. The molecule has 0 aliphatic heterocycles. The van der Waals surface area contributed by atoms with Gasteiger partial charge in [0.15, 0.2) is 0 Å². The van der Waals surface area contributed by atoms with Crippen molar-refractivity contribution in [1.29, 1.82) is 0 Å². The molecule has 0 bridgehead atoms. The normalized spacial score (nSPS) is 8.89. The van der Waals surface area contributed by atoms with E-state index in [0.717, 1.165) is 0 Å². The largest absolute Gasteiger partial charge is 1.00 e. The minimum absolute atomic E-state index is 0. The summed E-state index contributed by atoms with van der Waals surface area (Å²) < 4.78 is 0. The molecule has 3 heteroatoms. The molecule has 3 aromatic carbocycles. The summed E-state index contributed by atoms with van der Waals surface area (Å²) in [6, 6.07) is 23.4. The standard InChI is InChI=1S/C15H11.2FH.Hf/c1-2-6-12(7-3-1)14-10-4-8-13-9-5-11-15(13)14;;;/h1-11H;2*1H;/q-1;;;/p-2. The van der Waals surface area contributed by atoms with Crippen LogP contribution in [-0.4, -0.2) is 0 Å². The Morgan fingerprint density at radius 2 is 1.44 bits per heavy atom. The van der Waals surface area contributed by atoms with Crippen molar-refractivity contribution in [1.82, 2.24) is 0 Å². The van der Waals surface area contributed by atoms with Crippen molar-refractivity contribution < 1.29 is 35.3 Å². The van der Waals surface area contributed by atoms with Gasteiger partial charge in [-0.15, -0.1) is 29.0 Å². The summed E-state index contributed by atoms with van der Waals surface area (Å²) in [5.74, 6) is 0. The maximum Gasteiger partial charge on any atom is 0 e. The first-order valence-corrected chi connectivity index (χ1v) is 5.15. The minimum Gasteiger partial charge on any atom is -1.00 e. The van der Waals surface area contributed by atoms with Crippen LogP contribution < -0.4 is 9.41 Å². The predicted molar refractivity (Wildman–Crippen MR) is 65.0 cm³/mol. The van der Waals surface area contributed by atoms with Crippen LogP contribution in [0.4, 0.5) is 0 Å². The molecule has 0 radical (unpaired) electrons. The van der Waals surface area contributed by atoms with Gasteiger partial charge in [-0.1, -0.05) is 42.0 Å². The van der Waals surface area contributed by atoms with Crippen molar-refractivity contribution in [2.24, 2.45) is 0 Å². The number of hydrogen-bond acceptors (Lipinski definition) is 0. The van der Waals surface area contributed by atoms with Crippen LogP contribution in [0.3, 0.4) is 0 Å². The number of halogens is 2. The van der Waals surface area contributed by atoms with Crippen molar-refractivity contribution in [3.8, 4) is 11.1 Å². The molecule has 0 aromatic heterocycles. The van der Waals surface area contributed by atoms with Crippen molar-refractivity contribution in [2.75, 3.05) is 0 Å². The Kier molecular flexibility index (Phi) is 6.77. The van der Waals surface area contributed by atoms with E-state index < -0.39 is 0 Å². The molecule has 0 aliphatic rings. The van der Waals surface area contributed by atoms with E-state index in [4.69, 9.17) is 0 Å². The number of hydrogen-bond donors (Lipinski definition) is 0. The van der Waals surface area contributed by atoms with Gasteiger partial charge in [-0.05, 0) is 5.56 Å². The maximum atomic E-state index is 2.18. The van der Waals surface area contributed by atoms with Crippen LogP contribution >= 0.6 is 0 Å². The van der Waals surface area contributed by atoms with E-state index in [1.54, 1.807) is 0 Å². The molecule has 0 saturated carbocycles. The fraction of sp³-hybridized carbons (Fsp3) is 0. The van der Waals surface area contributed by atoms with Gasteiger partial charge in [-0.25, -0.2) is 0 Å². The third-order valence-corrected chi connectivity index (χ3v) is 2.76. The van der Waals surface area contributed by atoms with Crippen LogP contribution in [0, 0.1) is 0 Å². The first-order valence-electron chi connectivity index (χ1n) is 5.15. The van der Waals surface area contributed by atoms with Gasteiger partial charge in [-0.2, -0.15) is 12.1 Å². The topological polar surface area (TPSA) is 0 Å². The van der Waals surface area contributed by atoms with Crippen LogP contribution in [0.1, 0.15) is 0 Å². The second-order valence-electron chi connectivity index (χ2n) is 3.70. The molecule has 18 heavy (non-hydrogen) atoms. The second-order valence-corrected chi connectivity index (χ2v) is 3.70. The summed E-state index contributed by atoms with van der Waals surface area (Å²) in [5.41, 5.74) is 2.60. The van der Waals surface area contributed by atoms with Gasteiger partial charge in [0.2, 0.25) is 0 Å². The van der Waals surface area contributed by atoms with Crippen LogP contribution in [0.5, 0.6) is 0 Å². The molecule has 0 N–H and O–H groups in total. The zero-order valence-electron chi connectivity index (χ0n) is 9.61. The molecule has 0 atom stereocenters. The molecule has 0 fully saturated rings. The van der Waals surface area contributed by atoms with Crippen LogP contribution in [0.15, 0.2) is 66.7 Å². The van der Waals surface area contributed by atoms with Crippen molar-refractivity contribution in [2.45, 2.75) is 0 Å². The third kappa shape index (κ3) is 2.96. The van der Waals surface area contributed by atoms with Crippen molar-refractivity contribution >= 4 is 10.8 Å². The molecule has 0 nitrogen and oxygen atoms in total. The Balaban J connectivity index is 0.000000963. The quantitative estimate of drug-likeness (QED) is 0.331. The monoisotopic (exact) mass is 409 g/mol. The van der Waals surface area contributed by atoms with Gasteiger partial charge in [0, 0.05) is 25.8 Å². The van der Waals surface area contributed by atoms with E-state index in [0.29, 0.717) is 0 Å². The summed E-state index contributed by atoms with van der Waals surface area (Å²) in [7, 11) is 0. The van der Waals surface area contributed by atoms with Crippen LogP contribution in [0.25, 0.3) is 21.9 Å². The summed E-state index contributed by atoms with van der Waals surface area (Å²) in [6.07, 6.45) is 0. The fourth-order valence-corrected chi connectivity index (χ4v) is 2.03. The Labute approximate surface area is 124 Å². The van der Waals surface area contributed by atoms with E-state index in [2.05, 4.69) is 66.7 Å². The molecule has 3 rings (SSSR count). The van der Waals surface area contributed by atoms with Crippen molar-refractivity contribution in [3.05, 3.63) is 66.7 Å². The van der Waals surface area contributed by atoms with Crippen molar-refractivity contribution in [3.63, 3.8) is 0 Å². The predicted octanol–water partition coefficient (Wildman–Crippen LogP) is -1.77. The molecule has 0 heterocycles. The zero-order valence-corrected chi connectivity index (χ0v) is 13.2. The van der Waals surface area contributed by atoms with E-state index in [9.17, 15) is 0 Å². The zero-order chi connectivity index (χ0) is 10.1. The molecule has 0 aliphatic carbocycles. The third-order valence-electron chi connectivity index (χ3n) is 2.76. The van der Waals surface area contributed by atoms with Gasteiger partial charge in [0.25, 0.3) is 0 Å². The molecule has 92 valence electrons. The van der Waals surface area contributed by atoms with Gasteiger partial charge in [0.05, 0.1) is 0 Å². The summed E-state index contributed by atoms with van der Waals surface area (Å²) in [5, 5.41) is 2.65. The molecule has 3 aromatic rings. The van der Waals surface area contributed by atoms with E-state index in [1.165, 1.54) is 21.9 Å². The first-order chi connectivity index (χ1) is 7.45. The molecular formula is C15H11F2Hf-3. The Morgan fingerprint density at radius 1 is 0.722 bits per heavy atom. The maximum absolute atomic E-state index is 2.18. The van der Waals surface area contributed by atoms with Gasteiger partial charge < -0.3 is 9.41 Å². The molecule has 0 spiro atoms. The van der Waals surface area contributed by atoms with Gasteiger partial charge >= 0.3 is 0 Å². The molecule has 0 amide bonds. The van der Waals surface area contributed by atoms with Crippen LogP contribution in [0.2, 0.25) is 0 Å². The van der Waals surface area contributed by atoms with E-state index >= 15 is 0 Å². The fourth-order valence-electron chi connectivity index (χ4n) is 2.03. The average molecular weight is 408 g/mol. The van der Waals surface area contributed by atoms with E-state index in [-0.39, 0.29) is 35.3 Å². The number of rotatable bonds is 1. The summed E-state index contributed by atoms with van der Waals surface area (Å²) in [6.45, 7) is 0. The second kappa shape index (κ2) is 7.27. The summed E-state index contributed by atoms with van der Waals surface area (Å²) >= 11 is 0. The van der Waals surface area contributed by atoms with Crippen LogP contribution in [-0.2, 0) is 25.8 Å². The average Bonchev–Trinajstić information content (AvgIpc) is 2.78. The molecule has 0 unspecified atom stereocenters. The van der Waals surface area contributed by atoms with E-state index in [1.807, 2.05) is 0 Å². The van der Waals surface area contributed by atoms with Gasteiger partial charge in [-0.3, -0.25) is 0 Å². The van der Waals surface area contributed by atoms with Gasteiger partial charge in [0.1, 0.15) is 0 Å². The minimum atomic E-state index is 0. The number of fused-ring (bicyclic) bond motifs is 1. The number of benzene rings is 2. The SMILES string of the molecule is [F-].[F-].[Hf].c1ccc(-c2cccc3[cH-]ccc23)cc1. The Morgan fingerprint density at radius 3 is 2.17 bits per heavy atom. The first kappa shape index (κ1) is 16.8. The smallest absolute Gasteiger partial charge is 0 e. The Hall–Kier alpha value is -1.22. The molecular weight excluding hydrogens is 397 g/mol.